The van der Waals surface area contributed by atoms with Gasteiger partial charge in [-0.2, -0.15) is 0 Å². The molecule has 31 heavy (non-hydrogen) atoms. The molecule has 10 heteroatoms. The van der Waals surface area contributed by atoms with Crippen LogP contribution in [0.1, 0.15) is 5.56 Å². The molecule has 0 aromatic heterocycles. The van der Waals surface area contributed by atoms with Gasteiger partial charge in [0.25, 0.3) is 18.7 Å². The summed E-state index contributed by atoms with van der Waals surface area (Å²) in [4.78, 5) is 40.8. The topological polar surface area (TPSA) is 94.3 Å². The van der Waals surface area contributed by atoms with E-state index in [9.17, 15) is 14.4 Å². The fraction of sp³-hybridized carbons (Fsp3) is 0.286. The number of carbonyl (C=O) groups excluding carboxylic acids is 3. The number of benzene rings is 2. The van der Waals surface area contributed by atoms with Gasteiger partial charge in [0, 0.05) is 35.5 Å². The highest BCUT2D eigenvalue weighted by atomic mass is 35.5. The summed E-state index contributed by atoms with van der Waals surface area (Å²) in [6.45, 7) is 0.751. The van der Waals surface area contributed by atoms with Gasteiger partial charge >= 0.3 is 11.8 Å². The fourth-order valence-corrected chi connectivity index (χ4v) is 3.73. The normalized spacial score (nSPS) is 18.0. The predicted octanol–water partition coefficient (Wildman–Crippen LogP) is 1.60. The maximum Gasteiger partial charge on any atom is 0.502 e. The summed E-state index contributed by atoms with van der Waals surface area (Å²) in [7, 11) is 1.59. The van der Waals surface area contributed by atoms with Crippen molar-refractivity contribution in [2.45, 2.75) is 12.8 Å². The van der Waals surface area contributed by atoms with Crippen LogP contribution in [0.4, 0.5) is 5.69 Å². The number of halogens is 1. The highest BCUT2D eigenvalue weighted by molar-refractivity contribution is 6.32. The second-order valence-corrected chi connectivity index (χ2v) is 7.49. The van der Waals surface area contributed by atoms with Crippen molar-refractivity contribution in [3.63, 3.8) is 0 Å². The van der Waals surface area contributed by atoms with Crippen LogP contribution in [0.2, 0.25) is 5.02 Å². The molecule has 1 N–H and O–H groups in total. The number of ether oxygens (including phenoxy) is 1. The van der Waals surface area contributed by atoms with E-state index in [1.165, 1.54) is 4.90 Å². The quantitative estimate of drug-likeness (QED) is 0.541. The van der Waals surface area contributed by atoms with Gasteiger partial charge in [-0.1, -0.05) is 29.8 Å². The number of methoxy groups -OCH3 is 1. The molecule has 2 aromatic rings. The molecule has 2 heterocycles. The summed E-state index contributed by atoms with van der Waals surface area (Å²) in [6, 6.07) is 14.5. The number of carbonyl (C=O) groups is 3. The van der Waals surface area contributed by atoms with Crippen LogP contribution in [-0.4, -0.2) is 60.4 Å². The van der Waals surface area contributed by atoms with Crippen LogP contribution in [-0.2, 0) is 20.9 Å². The summed E-state index contributed by atoms with van der Waals surface area (Å²) in [6.07, 6.45) is -0.685. The Labute approximate surface area is 183 Å². The van der Waals surface area contributed by atoms with Gasteiger partial charge in [0.2, 0.25) is 0 Å². The molecule has 0 saturated carbocycles. The fourth-order valence-electron chi connectivity index (χ4n) is 3.53. The van der Waals surface area contributed by atoms with E-state index in [1.807, 2.05) is 35.2 Å². The van der Waals surface area contributed by atoms with E-state index in [4.69, 9.17) is 16.3 Å². The molecule has 0 bridgehead atoms. The lowest BCUT2D eigenvalue weighted by Gasteiger charge is -2.27. The molecule has 3 amide bonds. The Morgan fingerprint density at radius 2 is 1.87 bits per heavy atom. The zero-order chi connectivity index (χ0) is 22.0. The third kappa shape index (κ3) is 4.22. The first kappa shape index (κ1) is 20.8. The Balaban J connectivity index is 1.49. The van der Waals surface area contributed by atoms with Crippen LogP contribution in [0.15, 0.2) is 53.6 Å². The van der Waals surface area contributed by atoms with E-state index in [-0.39, 0.29) is 13.1 Å². The van der Waals surface area contributed by atoms with Crippen LogP contribution >= 0.6 is 11.6 Å². The largest absolute Gasteiger partial charge is 0.502 e. The number of nitrogens with one attached hydrogen (secondary N) is 1. The van der Waals surface area contributed by atoms with Gasteiger partial charge < -0.3 is 15.0 Å². The maximum absolute atomic E-state index is 12.6. The number of rotatable bonds is 6. The Kier molecular flexibility index (Phi) is 5.85. The number of fused-ring (bicyclic) bond motifs is 1. The van der Waals surface area contributed by atoms with Crippen molar-refractivity contribution >= 4 is 35.0 Å². The van der Waals surface area contributed by atoms with E-state index in [0.717, 1.165) is 15.9 Å². The molecule has 0 spiro atoms. The van der Waals surface area contributed by atoms with Gasteiger partial charge in [-0.25, -0.2) is 4.79 Å². The summed E-state index contributed by atoms with van der Waals surface area (Å²) in [5.74, 6) is -1.22. The SMILES string of the molecule is COc1ccc(N2CCN3C(=O)C(=O)[N+](CC(=O)NCc4ccccc4Cl)=NC32)cc1. The van der Waals surface area contributed by atoms with Crippen molar-refractivity contribution in [2.24, 2.45) is 5.11 Å². The van der Waals surface area contributed by atoms with Gasteiger partial charge in [-0.15, -0.1) is 0 Å². The number of hydrogen-bond donors (Lipinski definition) is 1. The van der Waals surface area contributed by atoms with E-state index in [1.54, 1.807) is 25.3 Å². The van der Waals surface area contributed by atoms with Gasteiger partial charge in [-0.05, 0) is 40.6 Å². The van der Waals surface area contributed by atoms with Gasteiger partial charge in [0.15, 0.2) is 0 Å². The van der Waals surface area contributed by atoms with Gasteiger partial charge in [0.1, 0.15) is 5.75 Å². The second kappa shape index (κ2) is 8.73. The van der Waals surface area contributed by atoms with Crippen LogP contribution in [0.25, 0.3) is 0 Å². The molecule has 1 fully saturated rings. The third-order valence-electron chi connectivity index (χ3n) is 5.19. The van der Waals surface area contributed by atoms with Crippen molar-refractivity contribution in [3.8, 4) is 5.75 Å². The molecule has 9 nitrogen and oxygen atoms in total. The lowest BCUT2D eigenvalue weighted by molar-refractivity contribution is -0.509. The summed E-state index contributed by atoms with van der Waals surface area (Å²) in [5.41, 5.74) is 1.59. The van der Waals surface area contributed by atoms with Crippen LogP contribution in [0.3, 0.4) is 0 Å². The number of nitrogens with zero attached hydrogens (tertiary/aromatic N) is 4. The van der Waals surface area contributed by atoms with E-state index in [2.05, 4.69) is 10.4 Å². The number of amides is 3. The zero-order valence-electron chi connectivity index (χ0n) is 16.8. The minimum absolute atomic E-state index is 0.210. The minimum Gasteiger partial charge on any atom is -0.497 e. The van der Waals surface area contributed by atoms with Crippen molar-refractivity contribution < 1.29 is 23.8 Å². The molecule has 0 aliphatic carbocycles. The van der Waals surface area contributed by atoms with Gasteiger partial charge in [0.05, 0.1) is 7.11 Å². The summed E-state index contributed by atoms with van der Waals surface area (Å²) in [5, 5.41) is 7.63. The first-order valence-corrected chi connectivity index (χ1v) is 10.1. The minimum atomic E-state index is -0.819. The highest BCUT2D eigenvalue weighted by Crippen LogP contribution is 2.28. The third-order valence-corrected chi connectivity index (χ3v) is 5.56. The molecule has 1 atom stereocenters. The highest BCUT2D eigenvalue weighted by Gasteiger charge is 2.49. The van der Waals surface area contributed by atoms with Crippen molar-refractivity contribution in [2.75, 3.05) is 31.6 Å². The Morgan fingerprint density at radius 1 is 1.16 bits per heavy atom. The predicted molar refractivity (Wildman–Crippen MR) is 112 cm³/mol. The van der Waals surface area contributed by atoms with Gasteiger partial charge in [-0.3, -0.25) is 14.5 Å². The smallest absolute Gasteiger partial charge is 0.497 e. The lowest BCUT2D eigenvalue weighted by atomic mass is 10.2. The average molecular weight is 443 g/mol. The van der Waals surface area contributed by atoms with Crippen molar-refractivity contribution in [3.05, 3.63) is 59.1 Å². The van der Waals surface area contributed by atoms with Crippen LogP contribution in [0, 0.1) is 0 Å². The molecule has 2 aliphatic heterocycles. The van der Waals surface area contributed by atoms with Crippen molar-refractivity contribution in [1.82, 2.24) is 10.2 Å². The summed E-state index contributed by atoms with van der Waals surface area (Å²) >= 11 is 6.10. The molecule has 1 unspecified atom stereocenters. The van der Waals surface area contributed by atoms with Crippen LogP contribution in [0.5, 0.6) is 5.75 Å². The Hall–Kier alpha value is -3.46. The number of anilines is 1. The van der Waals surface area contributed by atoms with Crippen LogP contribution < -0.4 is 15.0 Å². The molecule has 160 valence electrons. The van der Waals surface area contributed by atoms with E-state index in [0.29, 0.717) is 23.9 Å². The van der Waals surface area contributed by atoms with E-state index < -0.39 is 24.0 Å². The Morgan fingerprint density at radius 3 is 2.58 bits per heavy atom. The van der Waals surface area contributed by atoms with Crippen molar-refractivity contribution in [1.29, 1.82) is 0 Å². The number of azo groups is 2. The lowest BCUT2D eigenvalue weighted by Crippen LogP contribution is -2.53. The number of hydrogen-bond acceptors (Lipinski definition) is 6. The van der Waals surface area contributed by atoms with E-state index >= 15 is 0 Å². The first-order chi connectivity index (χ1) is 15.0. The monoisotopic (exact) mass is 442 g/mol. The first-order valence-electron chi connectivity index (χ1n) is 9.72. The molecule has 1 saturated heterocycles. The molecular formula is C21H21ClN5O4+. The second-order valence-electron chi connectivity index (χ2n) is 7.08. The molecule has 0 radical (unpaired) electrons. The molecular weight excluding hydrogens is 422 g/mol. The maximum atomic E-state index is 12.6. The molecule has 2 aliphatic rings. The summed E-state index contributed by atoms with van der Waals surface area (Å²) < 4.78 is 6.12. The molecule has 2 aromatic carbocycles. The molecule has 4 rings (SSSR count). The zero-order valence-corrected chi connectivity index (χ0v) is 17.6. The standard InChI is InChI=1S/C21H20ClN5O4/c1-31-16-8-6-15(7-9-16)25-10-11-26-19(29)20(30)27(24-21(25)26)13-18(28)23-12-14-4-2-3-5-17(14)22/h2-9,21H,10-13H2,1H3/p+1. The Bertz CT molecular complexity index is 1060. The average Bonchev–Trinajstić information content (AvgIpc) is 3.20.